The molecule has 0 unspecified atom stereocenters. The van der Waals surface area contributed by atoms with Crippen LogP contribution < -0.4 is 0 Å². The third-order valence-electron chi connectivity index (χ3n) is 3.01. The number of hydrogen-bond donors (Lipinski definition) is 2. The van der Waals surface area contributed by atoms with Crippen LogP contribution in [0.1, 0.15) is 38.7 Å². The molecular formula is C16H25NO2. The fraction of sp³-hybridized carbons (Fsp3) is 0.500. The van der Waals surface area contributed by atoms with Crippen molar-refractivity contribution in [1.82, 2.24) is 4.90 Å². The summed E-state index contributed by atoms with van der Waals surface area (Å²) in [6, 6.07) is 4.69. The summed E-state index contributed by atoms with van der Waals surface area (Å²) in [6.07, 6.45) is 7.55. The van der Waals surface area contributed by atoms with Gasteiger partial charge >= 0.3 is 0 Å². The van der Waals surface area contributed by atoms with E-state index in [0.29, 0.717) is 6.54 Å². The van der Waals surface area contributed by atoms with Gasteiger partial charge in [-0.3, -0.25) is 4.90 Å². The number of rotatable bonds is 8. The van der Waals surface area contributed by atoms with Crippen molar-refractivity contribution < 1.29 is 10.2 Å². The van der Waals surface area contributed by atoms with Crippen LogP contribution in [0, 0.1) is 0 Å². The van der Waals surface area contributed by atoms with Crippen molar-refractivity contribution in [3.05, 3.63) is 35.9 Å². The Kier molecular flexibility index (Phi) is 7.04. The Labute approximate surface area is 116 Å². The molecule has 1 rings (SSSR count). The standard InChI is InChI=1S/C16H25NO2/c1-3-5-6-7-11-17(10-4-2)13-14-12-15(18)8-9-16(14)19/h5-6,8-9,12,18-19H,3-4,7,10-11,13H2,1-2H3. The molecule has 3 heteroatoms. The average molecular weight is 263 g/mol. The third kappa shape index (κ3) is 5.79. The fourth-order valence-corrected chi connectivity index (χ4v) is 2.07. The van der Waals surface area contributed by atoms with Crippen LogP contribution in [-0.2, 0) is 6.54 Å². The zero-order valence-electron chi connectivity index (χ0n) is 12.0. The molecule has 0 aliphatic heterocycles. The Bertz CT molecular complexity index is 402. The SMILES string of the molecule is CCC=CCCN(CCC)Cc1cc(O)ccc1O. The van der Waals surface area contributed by atoms with Gasteiger partial charge in [0.2, 0.25) is 0 Å². The summed E-state index contributed by atoms with van der Waals surface area (Å²) in [5, 5.41) is 19.3. The van der Waals surface area contributed by atoms with Gasteiger partial charge in [-0.15, -0.1) is 0 Å². The van der Waals surface area contributed by atoms with E-state index < -0.39 is 0 Å². The summed E-state index contributed by atoms with van der Waals surface area (Å²) in [7, 11) is 0. The highest BCUT2D eigenvalue weighted by molar-refractivity contribution is 5.38. The minimum atomic E-state index is 0.204. The first kappa shape index (κ1) is 15.6. The Morgan fingerprint density at radius 3 is 2.58 bits per heavy atom. The molecule has 19 heavy (non-hydrogen) atoms. The zero-order chi connectivity index (χ0) is 14.1. The van der Waals surface area contributed by atoms with E-state index >= 15 is 0 Å². The lowest BCUT2D eigenvalue weighted by Crippen LogP contribution is -2.25. The van der Waals surface area contributed by atoms with Gasteiger partial charge in [0.05, 0.1) is 0 Å². The molecule has 0 heterocycles. The molecule has 1 aromatic carbocycles. The predicted octanol–water partition coefficient (Wildman–Crippen LogP) is 3.67. The van der Waals surface area contributed by atoms with E-state index in [2.05, 4.69) is 30.9 Å². The minimum absolute atomic E-state index is 0.204. The Morgan fingerprint density at radius 1 is 1.11 bits per heavy atom. The average Bonchev–Trinajstić information content (AvgIpc) is 2.39. The molecule has 0 amide bonds. The number of aromatic hydroxyl groups is 2. The summed E-state index contributed by atoms with van der Waals surface area (Å²) in [5.41, 5.74) is 0.785. The molecule has 0 bridgehead atoms. The van der Waals surface area contributed by atoms with Crippen molar-refractivity contribution in [2.75, 3.05) is 13.1 Å². The second-order valence-electron chi connectivity index (χ2n) is 4.76. The quantitative estimate of drug-likeness (QED) is 0.555. The van der Waals surface area contributed by atoms with Crippen LogP contribution in [0.4, 0.5) is 0 Å². The molecule has 0 radical (unpaired) electrons. The smallest absolute Gasteiger partial charge is 0.120 e. The highest BCUT2D eigenvalue weighted by atomic mass is 16.3. The van der Waals surface area contributed by atoms with E-state index in [1.807, 2.05) is 0 Å². The van der Waals surface area contributed by atoms with Crippen molar-refractivity contribution in [1.29, 1.82) is 0 Å². The molecule has 0 atom stereocenters. The summed E-state index contributed by atoms with van der Waals surface area (Å²) < 4.78 is 0. The van der Waals surface area contributed by atoms with Crippen LogP contribution in [0.15, 0.2) is 30.4 Å². The monoisotopic (exact) mass is 263 g/mol. The van der Waals surface area contributed by atoms with E-state index in [0.717, 1.165) is 37.9 Å². The normalized spacial score (nSPS) is 11.5. The van der Waals surface area contributed by atoms with Crippen molar-refractivity contribution in [2.24, 2.45) is 0 Å². The summed E-state index contributed by atoms with van der Waals surface area (Å²) in [6.45, 7) is 6.92. The number of benzene rings is 1. The summed E-state index contributed by atoms with van der Waals surface area (Å²) in [4.78, 5) is 2.30. The van der Waals surface area contributed by atoms with E-state index in [1.54, 1.807) is 12.1 Å². The molecular weight excluding hydrogens is 238 g/mol. The first-order valence-corrected chi connectivity index (χ1v) is 7.05. The first-order valence-electron chi connectivity index (χ1n) is 7.05. The molecule has 0 saturated carbocycles. The molecule has 0 aliphatic carbocycles. The maximum Gasteiger partial charge on any atom is 0.120 e. The van der Waals surface area contributed by atoms with Crippen LogP contribution in [0.3, 0.4) is 0 Å². The lowest BCUT2D eigenvalue weighted by Gasteiger charge is -2.21. The molecule has 3 nitrogen and oxygen atoms in total. The molecule has 0 aromatic heterocycles. The van der Waals surface area contributed by atoms with Gasteiger partial charge in [-0.2, -0.15) is 0 Å². The van der Waals surface area contributed by atoms with E-state index in [1.165, 1.54) is 6.07 Å². The molecule has 0 saturated heterocycles. The van der Waals surface area contributed by atoms with Crippen LogP contribution in [0.25, 0.3) is 0 Å². The zero-order valence-corrected chi connectivity index (χ0v) is 12.0. The number of phenolic OH excluding ortho intramolecular Hbond substituents is 2. The van der Waals surface area contributed by atoms with Gasteiger partial charge in [0.15, 0.2) is 0 Å². The second kappa shape index (κ2) is 8.59. The maximum absolute atomic E-state index is 9.81. The van der Waals surface area contributed by atoms with Crippen LogP contribution >= 0.6 is 0 Å². The number of allylic oxidation sites excluding steroid dienone is 1. The van der Waals surface area contributed by atoms with Gasteiger partial charge in [-0.25, -0.2) is 0 Å². The van der Waals surface area contributed by atoms with Gasteiger partial charge in [-0.1, -0.05) is 26.0 Å². The number of phenols is 2. The lowest BCUT2D eigenvalue weighted by molar-refractivity contribution is 0.266. The van der Waals surface area contributed by atoms with E-state index in [9.17, 15) is 10.2 Å². The van der Waals surface area contributed by atoms with Crippen LogP contribution in [0.5, 0.6) is 11.5 Å². The van der Waals surface area contributed by atoms with Crippen molar-refractivity contribution in [3.8, 4) is 11.5 Å². The van der Waals surface area contributed by atoms with E-state index in [4.69, 9.17) is 0 Å². The van der Waals surface area contributed by atoms with Gasteiger partial charge in [0, 0.05) is 18.7 Å². The second-order valence-corrected chi connectivity index (χ2v) is 4.76. The molecule has 0 aliphatic rings. The van der Waals surface area contributed by atoms with Crippen molar-refractivity contribution in [3.63, 3.8) is 0 Å². The van der Waals surface area contributed by atoms with Gasteiger partial charge in [-0.05, 0) is 44.0 Å². The molecule has 0 fully saturated rings. The highest BCUT2D eigenvalue weighted by Crippen LogP contribution is 2.23. The maximum atomic E-state index is 9.81. The van der Waals surface area contributed by atoms with Crippen molar-refractivity contribution in [2.45, 2.75) is 39.7 Å². The Hall–Kier alpha value is -1.48. The minimum Gasteiger partial charge on any atom is -0.508 e. The van der Waals surface area contributed by atoms with Gasteiger partial charge in [0.25, 0.3) is 0 Å². The van der Waals surface area contributed by atoms with Gasteiger partial charge < -0.3 is 10.2 Å². The molecule has 0 spiro atoms. The summed E-state index contributed by atoms with van der Waals surface area (Å²) in [5.74, 6) is 0.457. The van der Waals surface area contributed by atoms with Gasteiger partial charge in [0.1, 0.15) is 11.5 Å². The third-order valence-corrected chi connectivity index (χ3v) is 3.01. The molecule has 1 aromatic rings. The van der Waals surface area contributed by atoms with E-state index in [-0.39, 0.29) is 11.5 Å². The largest absolute Gasteiger partial charge is 0.508 e. The molecule has 106 valence electrons. The Morgan fingerprint density at radius 2 is 1.89 bits per heavy atom. The lowest BCUT2D eigenvalue weighted by atomic mass is 10.1. The highest BCUT2D eigenvalue weighted by Gasteiger charge is 2.08. The number of nitrogens with zero attached hydrogens (tertiary/aromatic N) is 1. The summed E-state index contributed by atoms with van der Waals surface area (Å²) >= 11 is 0. The van der Waals surface area contributed by atoms with Crippen molar-refractivity contribution >= 4 is 0 Å². The van der Waals surface area contributed by atoms with Crippen LogP contribution in [-0.4, -0.2) is 28.2 Å². The topological polar surface area (TPSA) is 43.7 Å². The predicted molar refractivity (Wildman–Crippen MR) is 79.4 cm³/mol. The molecule has 2 N–H and O–H groups in total. The number of hydrogen-bond acceptors (Lipinski definition) is 3. The fourth-order valence-electron chi connectivity index (χ4n) is 2.07. The first-order chi connectivity index (χ1) is 9.17. The van der Waals surface area contributed by atoms with Crippen LogP contribution in [0.2, 0.25) is 0 Å². The Balaban J connectivity index is 2.61.